The van der Waals surface area contributed by atoms with Crippen molar-refractivity contribution in [2.24, 2.45) is 10.9 Å². The Bertz CT molecular complexity index is 892. The summed E-state index contributed by atoms with van der Waals surface area (Å²) in [6.07, 6.45) is 6.07. The van der Waals surface area contributed by atoms with Gasteiger partial charge in [0, 0.05) is 34.9 Å². The van der Waals surface area contributed by atoms with E-state index in [0.717, 1.165) is 61.2 Å². The fraction of sp³-hybridized carbons (Fsp3) is 0.560. The van der Waals surface area contributed by atoms with Crippen LogP contribution in [0, 0.1) is 5.92 Å². The highest BCUT2D eigenvalue weighted by molar-refractivity contribution is 6.09. The molecule has 5 nitrogen and oxygen atoms in total. The van der Waals surface area contributed by atoms with Crippen molar-refractivity contribution in [1.82, 2.24) is 0 Å². The number of para-hydroxylation sites is 1. The number of rotatable bonds is 5. The fourth-order valence-corrected chi connectivity index (χ4v) is 4.99. The van der Waals surface area contributed by atoms with E-state index in [1.165, 1.54) is 0 Å². The van der Waals surface area contributed by atoms with Gasteiger partial charge in [-0.05, 0) is 65.4 Å². The molecule has 5 heteroatoms. The van der Waals surface area contributed by atoms with Gasteiger partial charge < -0.3 is 9.47 Å². The standard InChI is InChI=1S/C25H31NO4/c1-15(2)29-21-14-7-6-11-18(21)23-22(25(28)30-17-9-4-5-10-17)16(3)26-19-12-8-13-20(27)24(19)23/h6-7,11,14-15,17,22-23H,4-5,8-10,12-13H2,1-3H3/t22?,23-/m0/s1. The molecule has 0 amide bonds. The van der Waals surface area contributed by atoms with Crippen molar-refractivity contribution in [1.29, 1.82) is 0 Å². The summed E-state index contributed by atoms with van der Waals surface area (Å²) in [4.78, 5) is 31.2. The first kappa shape index (κ1) is 20.8. The molecule has 1 heterocycles. The van der Waals surface area contributed by atoms with E-state index in [9.17, 15) is 9.59 Å². The van der Waals surface area contributed by atoms with Crippen molar-refractivity contribution in [2.45, 2.75) is 83.8 Å². The van der Waals surface area contributed by atoms with Crippen LogP contribution in [0.1, 0.15) is 77.2 Å². The summed E-state index contributed by atoms with van der Waals surface area (Å²) in [5.74, 6) is -0.457. The molecule has 2 atom stereocenters. The lowest BCUT2D eigenvalue weighted by Crippen LogP contribution is -2.38. The molecular formula is C25H31NO4. The zero-order valence-electron chi connectivity index (χ0n) is 18.1. The van der Waals surface area contributed by atoms with Gasteiger partial charge in [0.2, 0.25) is 0 Å². The van der Waals surface area contributed by atoms with E-state index in [0.29, 0.717) is 12.0 Å². The Balaban J connectivity index is 1.79. The molecule has 0 bridgehead atoms. The Labute approximate surface area is 178 Å². The summed E-state index contributed by atoms with van der Waals surface area (Å²) >= 11 is 0. The summed E-state index contributed by atoms with van der Waals surface area (Å²) in [5.41, 5.74) is 3.12. The first-order valence-corrected chi connectivity index (χ1v) is 11.2. The van der Waals surface area contributed by atoms with Crippen molar-refractivity contribution < 1.29 is 19.1 Å². The number of nitrogens with zero attached hydrogens (tertiary/aromatic N) is 1. The molecule has 0 saturated heterocycles. The highest BCUT2D eigenvalue weighted by Crippen LogP contribution is 2.46. The number of carbonyl (C=O) groups is 2. The van der Waals surface area contributed by atoms with Crippen LogP contribution < -0.4 is 4.74 Å². The number of hydrogen-bond acceptors (Lipinski definition) is 5. The number of benzene rings is 1. The van der Waals surface area contributed by atoms with Crippen LogP contribution in [-0.4, -0.2) is 29.7 Å². The molecule has 3 aliphatic rings. The zero-order chi connectivity index (χ0) is 21.3. The van der Waals surface area contributed by atoms with E-state index in [1.807, 2.05) is 45.0 Å². The normalized spacial score (nSPS) is 24.7. The highest BCUT2D eigenvalue weighted by Gasteiger charge is 2.44. The average molecular weight is 410 g/mol. The van der Waals surface area contributed by atoms with Gasteiger partial charge in [-0.1, -0.05) is 18.2 Å². The first-order valence-electron chi connectivity index (χ1n) is 11.2. The minimum Gasteiger partial charge on any atom is -0.491 e. The third-order valence-corrected chi connectivity index (χ3v) is 6.29. The van der Waals surface area contributed by atoms with Gasteiger partial charge in [-0.2, -0.15) is 0 Å². The van der Waals surface area contributed by atoms with Gasteiger partial charge in [-0.3, -0.25) is 14.6 Å². The van der Waals surface area contributed by atoms with Gasteiger partial charge in [-0.15, -0.1) is 0 Å². The van der Waals surface area contributed by atoms with E-state index >= 15 is 0 Å². The molecule has 1 aromatic carbocycles. The second kappa shape index (κ2) is 8.75. The lowest BCUT2D eigenvalue weighted by atomic mass is 9.71. The van der Waals surface area contributed by atoms with Crippen LogP contribution in [0.5, 0.6) is 5.75 Å². The number of carbonyl (C=O) groups excluding carboxylic acids is 2. The van der Waals surface area contributed by atoms with Crippen LogP contribution in [-0.2, 0) is 14.3 Å². The van der Waals surface area contributed by atoms with E-state index in [-0.39, 0.29) is 24.0 Å². The SMILES string of the molecule is CC1=NC2=C(C(=O)CCC2)[C@@H](c2ccccc2OC(C)C)C1C(=O)OC1CCCC1. The molecule has 4 rings (SSSR count). The van der Waals surface area contributed by atoms with Gasteiger partial charge >= 0.3 is 5.97 Å². The Morgan fingerprint density at radius 1 is 1.10 bits per heavy atom. The Morgan fingerprint density at radius 3 is 2.57 bits per heavy atom. The summed E-state index contributed by atoms with van der Waals surface area (Å²) in [6.45, 7) is 5.85. The Kier molecular flexibility index (Phi) is 6.07. The van der Waals surface area contributed by atoms with Crippen molar-refractivity contribution in [3.8, 4) is 5.75 Å². The molecule has 160 valence electrons. The van der Waals surface area contributed by atoms with Crippen LogP contribution in [0.3, 0.4) is 0 Å². The molecule has 1 aliphatic heterocycles. The third kappa shape index (κ3) is 4.07. The minimum absolute atomic E-state index is 0.0103. The summed E-state index contributed by atoms with van der Waals surface area (Å²) in [7, 11) is 0. The third-order valence-electron chi connectivity index (χ3n) is 6.29. The molecule has 2 aliphatic carbocycles. The fourth-order valence-electron chi connectivity index (χ4n) is 4.99. The Hall–Kier alpha value is -2.43. The molecule has 30 heavy (non-hydrogen) atoms. The molecular weight excluding hydrogens is 378 g/mol. The predicted molar refractivity (Wildman–Crippen MR) is 116 cm³/mol. The summed E-state index contributed by atoms with van der Waals surface area (Å²) in [5, 5.41) is 0. The number of ether oxygens (including phenoxy) is 2. The van der Waals surface area contributed by atoms with Gasteiger partial charge in [0.05, 0.1) is 6.10 Å². The maximum atomic E-state index is 13.4. The van der Waals surface area contributed by atoms with Crippen molar-refractivity contribution >= 4 is 17.5 Å². The number of aliphatic imine (C=N–C) groups is 1. The quantitative estimate of drug-likeness (QED) is 0.632. The Morgan fingerprint density at radius 2 is 1.83 bits per heavy atom. The van der Waals surface area contributed by atoms with E-state index < -0.39 is 11.8 Å². The van der Waals surface area contributed by atoms with Crippen LogP contribution in [0.25, 0.3) is 0 Å². The van der Waals surface area contributed by atoms with Crippen molar-refractivity contribution in [3.63, 3.8) is 0 Å². The van der Waals surface area contributed by atoms with Gasteiger partial charge in [-0.25, -0.2) is 0 Å². The van der Waals surface area contributed by atoms with Crippen molar-refractivity contribution in [3.05, 3.63) is 41.1 Å². The van der Waals surface area contributed by atoms with E-state index in [2.05, 4.69) is 0 Å². The molecule has 1 fully saturated rings. The molecule has 0 N–H and O–H groups in total. The summed E-state index contributed by atoms with van der Waals surface area (Å²) in [6, 6.07) is 7.76. The number of esters is 1. The number of hydrogen-bond donors (Lipinski definition) is 0. The molecule has 1 unspecified atom stereocenters. The summed E-state index contributed by atoms with van der Waals surface area (Å²) < 4.78 is 12.0. The van der Waals surface area contributed by atoms with Gasteiger partial charge in [0.15, 0.2) is 5.78 Å². The largest absolute Gasteiger partial charge is 0.491 e. The molecule has 0 radical (unpaired) electrons. The van der Waals surface area contributed by atoms with Crippen LogP contribution in [0.4, 0.5) is 0 Å². The van der Waals surface area contributed by atoms with Crippen LogP contribution in [0.15, 0.2) is 40.5 Å². The van der Waals surface area contributed by atoms with Crippen LogP contribution in [0.2, 0.25) is 0 Å². The van der Waals surface area contributed by atoms with E-state index in [4.69, 9.17) is 14.5 Å². The van der Waals surface area contributed by atoms with E-state index in [1.54, 1.807) is 0 Å². The second-order valence-electron chi connectivity index (χ2n) is 8.89. The molecule has 0 aromatic heterocycles. The molecule has 1 saturated carbocycles. The highest BCUT2D eigenvalue weighted by atomic mass is 16.5. The maximum Gasteiger partial charge on any atom is 0.315 e. The number of Topliss-reactive ketones (excluding diaryl/α,β-unsaturated/α-hetero) is 1. The second-order valence-corrected chi connectivity index (χ2v) is 8.89. The minimum atomic E-state index is -0.594. The smallest absolute Gasteiger partial charge is 0.315 e. The van der Waals surface area contributed by atoms with Crippen LogP contribution >= 0.6 is 0 Å². The van der Waals surface area contributed by atoms with Gasteiger partial charge in [0.25, 0.3) is 0 Å². The maximum absolute atomic E-state index is 13.4. The number of ketones is 1. The zero-order valence-corrected chi connectivity index (χ0v) is 18.1. The van der Waals surface area contributed by atoms with Gasteiger partial charge in [0.1, 0.15) is 17.8 Å². The monoisotopic (exact) mass is 409 g/mol. The lowest BCUT2D eigenvalue weighted by molar-refractivity contribution is -0.151. The topological polar surface area (TPSA) is 65.0 Å². The molecule has 0 spiro atoms. The predicted octanol–water partition coefficient (Wildman–Crippen LogP) is 5.14. The number of allylic oxidation sites excluding steroid dienone is 2. The lowest BCUT2D eigenvalue weighted by Gasteiger charge is -2.35. The molecule has 1 aromatic rings. The first-order chi connectivity index (χ1) is 14.5. The van der Waals surface area contributed by atoms with Crippen molar-refractivity contribution in [2.75, 3.05) is 0 Å². The average Bonchev–Trinajstić information content (AvgIpc) is 3.20.